The molecule has 194 valence electrons. The van der Waals surface area contributed by atoms with Gasteiger partial charge in [0.25, 0.3) is 6.43 Å². The van der Waals surface area contributed by atoms with Crippen LogP contribution in [0, 0.1) is 5.92 Å². The first-order valence-corrected chi connectivity index (χ1v) is 11.9. The predicted molar refractivity (Wildman–Crippen MR) is 131 cm³/mol. The molecule has 0 saturated heterocycles. The summed E-state index contributed by atoms with van der Waals surface area (Å²) in [5, 5.41) is 24.5. The molecular weight excluding hydrogens is 506 g/mol. The number of carbonyl (C=O) groups excluding carboxylic acids is 1. The van der Waals surface area contributed by atoms with Crippen LogP contribution in [0.1, 0.15) is 34.6 Å². The molecule has 5 rings (SSSR count). The maximum absolute atomic E-state index is 13.6. The number of carbonyl (C=O) groups is 1. The molecule has 37 heavy (non-hydrogen) atoms. The van der Waals surface area contributed by atoms with E-state index in [4.69, 9.17) is 21.1 Å². The fourth-order valence-electron chi connectivity index (χ4n) is 5.86. The van der Waals surface area contributed by atoms with E-state index < -0.39 is 41.5 Å². The largest absolute Gasteiger partial charge is 0.481 e. The maximum atomic E-state index is 13.6. The standard InChI is InChI=1S/C27H25ClF2N2O5/c1-32(2)25(34)19-20(14-7-5-4-6-8-14)27(16-11-9-15(10-12-16)23(29)30)26(35,22(19)33)21-17(37-27)13-18(28)31-24(21)36-3/h4-13,19-20,22-23,33,35H,1-3H3/t19-,20-,22-,26+,27+/m1/s1. The summed E-state index contributed by atoms with van der Waals surface area (Å²) in [7, 11) is 4.43. The van der Waals surface area contributed by atoms with Crippen molar-refractivity contribution in [2.45, 2.75) is 29.6 Å². The van der Waals surface area contributed by atoms with Gasteiger partial charge in [-0.05, 0) is 11.1 Å². The van der Waals surface area contributed by atoms with Crippen LogP contribution >= 0.6 is 11.6 Å². The van der Waals surface area contributed by atoms with Crippen molar-refractivity contribution in [3.05, 3.63) is 88.1 Å². The average Bonchev–Trinajstić information content (AvgIpc) is 3.26. The monoisotopic (exact) mass is 530 g/mol. The molecule has 2 heterocycles. The molecule has 1 aromatic heterocycles. The molecule has 10 heteroatoms. The Bertz CT molecular complexity index is 1340. The van der Waals surface area contributed by atoms with Crippen LogP contribution in [0.2, 0.25) is 5.15 Å². The van der Waals surface area contributed by atoms with Gasteiger partial charge >= 0.3 is 0 Å². The maximum Gasteiger partial charge on any atom is 0.263 e. The van der Waals surface area contributed by atoms with Crippen LogP contribution in [0.25, 0.3) is 0 Å². The van der Waals surface area contributed by atoms with Gasteiger partial charge in [0.15, 0.2) is 11.2 Å². The summed E-state index contributed by atoms with van der Waals surface area (Å²) < 4.78 is 38.8. The van der Waals surface area contributed by atoms with E-state index >= 15 is 0 Å². The molecule has 2 aliphatic rings. The van der Waals surface area contributed by atoms with Crippen LogP contribution in [-0.2, 0) is 16.0 Å². The number of aliphatic hydroxyl groups excluding tert-OH is 1. The molecule has 0 unspecified atom stereocenters. The van der Waals surface area contributed by atoms with Crippen LogP contribution in [0.5, 0.6) is 11.6 Å². The van der Waals surface area contributed by atoms with Gasteiger partial charge in [0.2, 0.25) is 11.8 Å². The molecule has 1 aliphatic heterocycles. The topological polar surface area (TPSA) is 92.1 Å². The predicted octanol–water partition coefficient (Wildman–Crippen LogP) is 4.02. The highest BCUT2D eigenvalue weighted by molar-refractivity contribution is 6.29. The lowest BCUT2D eigenvalue weighted by atomic mass is 9.70. The fourth-order valence-corrected chi connectivity index (χ4v) is 6.04. The van der Waals surface area contributed by atoms with E-state index in [0.717, 1.165) is 0 Å². The van der Waals surface area contributed by atoms with Crippen molar-refractivity contribution in [1.29, 1.82) is 0 Å². The summed E-state index contributed by atoms with van der Waals surface area (Å²) in [6.07, 6.45) is -4.40. The molecule has 1 fully saturated rings. The SMILES string of the molecule is COc1nc(Cl)cc2c1[C@]1(O)[C@H](O)[C@H](C(=O)N(C)C)[C@@H](c3ccccc3)[C@]1(c1ccc(C(F)F)cc1)O2. The van der Waals surface area contributed by atoms with E-state index in [2.05, 4.69) is 4.98 Å². The van der Waals surface area contributed by atoms with Crippen molar-refractivity contribution < 1.29 is 33.3 Å². The van der Waals surface area contributed by atoms with E-state index in [-0.39, 0.29) is 33.5 Å². The number of rotatable bonds is 5. The van der Waals surface area contributed by atoms with Gasteiger partial charge in [-0.15, -0.1) is 0 Å². The second-order valence-corrected chi connectivity index (χ2v) is 9.83. The van der Waals surface area contributed by atoms with Crippen molar-refractivity contribution in [2.24, 2.45) is 5.92 Å². The summed E-state index contributed by atoms with van der Waals surface area (Å²) in [5.74, 6) is -2.55. The lowest BCUT2D eigenvalue weighted by Crippen LogP contribution is -2.52. The summed E-state index contributed by atoms with van der Waals surface area (Å²) >= 11 is 6.21. The summed E-state index contributed by atoms with van der Waals surface area (Å²) in [6.45, 7) is 0. The van der Waals surface area contributed by atoms with Gasteiger partial charge in [0.1, 0.15) is 17.0 Å². The minimum Gasteiger partial charge on any atom is -0.481 e. The van der Waals surface area contributed by atoms with Gasteiger partial charge in [0.05, 0.1) is 18.6 Å². The Morgan fingerprint density at radius 3 is 2.38 bits per heavy atom. The minimum absolute atomic E-state index is 0.0223. The highest BCUT2D eigenvalue weighted by Crippen LogP contribution is 2.70. The second-order valence-electron chi connectivity index (χ2n) is 9.45. The number of halogens is 3. The number of hydrogen-bond donors (Lipinski definition) is 2. The average molecular weight is 531 g/mol. The van der Waals surface area contributed by atoms with E-state index in [9.17, 15) is 23.8 Å². The van der Waals surface area contributed by atoms with Gasteiger partial charge in [-0.2, -0.15) is 0 Å². The molecule has 7 nitrogen and oxygen atoms in total. The van der Waals surface area contributed by atoms with Gasteiger partial charge in [-0.25, -0.2) is 13.8 Å². The van der Waals surface area contributed by atoms with Crippen LogP contribution in [0.15, 0.2) is 60.7 Å². The molecule has 0 bridgehead atoms. The van der Waals surface area contributed by atoms with Crippen LogP contribution in [-0.4, -0.2) is 53.3 Å². The molecule has 2 aromatic carbocycles. The first kappa shape index (κ1) is 25.4. The number of ether oxygens (including phenoxy) is 2. The molecule has 1 amide bonds. The molecular formula is C27H25ClF2N2O5. The first-order valence-electron chi connectivity index (χ1n) is 11.6. The smallest absolute Gasteiger partial charge is 0.263 e. The Labute approximate surface area is 217 Å². The fraction of sp³-hybridized carbons (Fsp3) is 0.333. The Hall–Kier alpha value is -3.27. The van der Waals surface area contributed by atoms with Crippen molar-refractivity contribution in [1.82, 2.24) is 9.88 Å². The molecule has 5 atom stereocenters. The van der Waals surface area contributed by atoms with Crippen molar-refractivity contribution >= 4 is 17.5 Å². The number of nitrogens with zero attached hydrogens (tertiary/aromatic N) is 2. The third-order valence-corrected chi connectivity index (χ3v) is 7.57. The third-order valence-electron chi connectivity index (χ3n) is 7.37. The highest BCUT2D eigenvalue weighted by Gasteiger charge is 2.78. The molecule has 3 aromatic rings. The molecule has 0 radical (unpaired) electrons. The van der Waals surface area contributed by atoms with E-state index in [1.54, 1.807) is 44.4 Å². The number of pyridine rings is 1. The summed E-state index contributed by atoms with van der Waals surface area (Å²) in [4.78, 5) is 19.1. The van der Waals surface area contributed by atoms with Gasteiger partial charge in [-0.3, -0.25) is 4.79 Å². The lowest BCUT2D eigenvalue weighted by Gasteiger charge is -2.40. The Morgan fingerprint density at radius 1 is 1.16 bits per heavy atom. The number of methoxy groups -OCH3 is 1. The molecule has 0 spiro atoms. The number of amides is 1. The van der Waals surface area contributed by atoms with Gasteiger partial charge in [0, 0.05) is 31.6 Å². The zero-order chi connectivity index (χ0) is 26.7. The Kier molecular flexibility index (Phi) is 6.13. The first-order chi connectivity index (χ1) is 17.6. The van der Waals surface area contributed by atoms with Gasteiger partial charge < -0.3 is 24.6 Å². The van der Waals surface area contributed by atoms with Crippen LogP contribution < -0.4 is 9.47 Å². The number of hydrogen-bond acceptors (Lipinski definition) is 6. The van der Waals surface area contributed by atoms with Crippen molar-refractivity contribution in [3.8, 4) is 11.6 Å². The van der Waals surface area contributed by atoms with Crippen LogP contribution in [0.3, 0.4) is 0 Å². The number of aromatic nitrogens is 1. The number of aliphatic hydroxyl groups is 2. The molecule has 2 N–H and O–H groups in total. The zero-order valence-corrected chi connectivity index (χ0v) is 21.0. The lowest BCUT2D eigenvalue weighted by molar-refractivity contribution is -0.156. The Balaban J connectivity index is 1.88. The van der Waals surface area contributed by atoms with Gasteiger partial charge in [-0.1, -0.05) is 66.2 Å². The normalized spacial score (nSPS) is 28.0. The van der Waals surface area contributed by atoms with E-state index in [1.165, 1.54) is 42.3 Å². The molecule has 1 saturated carbocycles. The minimum atomic E-state index is -2.71. The third kappa shape index (κ3) is 3.44. The quantitative estimate of drug-likeness (QED) is 0.484. The van der Waals surface area contributed by atoms with Crippen molar-refractivity contribution in [2.75, 3.05) is 21.2 Å². The number of benzene rings is 2. The number of alkyl halides is 2. The summed E-state index contributed by atoms with van der Waals surface area (Å²) in [6, 6.07) is 15.6. The highest BCUT2D eigenvalue weighted by atomic mass is 35.5. The molecule has 1 aliphatic carbocycles. The Morgan fingerprint density at radius 2 is 1.81 bits per heavy atom. The van der Waals surface area contributed by atoms with Crippen molar-refractivity contribution in [3.63, 3.8) is 0 Å². The van der Waals surface area contributed by atoms with E-state index in [1.807, 2.05) is 0 Å². The van der Waals surface area contributed by atoms with E-state index in [0.29, 0.717) is 5.56 Å². The number of fused-ring (bicyclic) bond motifs is 3. The van der Waals surface area contributed by atoms with Crippen LogP contribution in [0.4, 0.5) is 8.78 Å². The summed E-state index contributed by atoms with van der Waals surface area (Å²) in [5.41, 5.74) is -3.41. The zero-order valence-electron chi connectivity index (χ0n) is 20.2. The second kappa shape index (κ2) is 8.93.